The van der Waals surface area contributed by atoms with Crippen LogP contribution in [-0.4, -0.2) is 83.2 Å². The van der Waals surface area contributed by atoms with E-state index in [-0.39, 0.29) is 37.4 Å². The van der Waals surface area contributed by atoms with E-state index in [1.807, 2.05) is 61.6 Å². The molecule has 208 valence electrons. The fraction of sp³-hybridized carbons (Fsp3) is 0.387. The number of β-amino-alcohol motifs (C(OH)–C–C–N with tert-alkyl or cyclic N) is 1. The third-order valence-corrected chi connectivity index (χ3v) is 8.58. The molecule has 2 fully saturated rings. The van der Waals surface area contributed by atoms with Crippen LogP contribution >= 0.6 is 0 Å². The third-order valence-electron chi connectivity index (χ3n) is 8.58. The highest BCUT2D eigenvalue weighted by Gasteiger charge is 2.74. The molecule has 0 aromatic heterocycles. The van der Waals surface area contributed by atoms with Crippen LogP contribution in [0.1, 0.15) is 12.5 Å². The molecule has 1 spiro atoms. The first kappa shape index (κ1) is 26.3. The van der Waals surface area contributed by atoms with Crippen molar-refractivity contribution in [2.24, 2.45) is 11.8 Å². The Morgan fingerprint density at radius 2 is 1.65 bits per heavy atom. The number of hydrogen-bond donors (Lipinski definition) is 1. The minimum atomic E-state index is -1.36. The molecule has 6 rings (SSSR count). The Bertz CT molecular complexity index is 1380. The summed E-state index contributed by atoms with van der Waals surface area (Å²) >= 11 is 0. The van der Waals surface area contributed by atoms with E-state index >= 15 is 0 Å². The van der Waals surface area contributed by atoms with Crippen LogP contribution < -0.4 is 9.64 Å². The van der Waals surface area contributed by atoms with Crippen LogP contribution in [-0.2, 0) is 25.7 Å². The highest BCUT2D eigenvalue weighted by atomic mass is 16.5. The number of nitrogens with zero attached hydrogens (tertiary/aromatic N) is 3. The molecule has 0 radical (unpaired) electrons. The number of ether oxygens (including phenoxy) is 2. The predicted octanol–water partition coefficient (Wildman–Crippen LogP) is 2.16. The smallest absolute Gasteiger partial charge is 0.253 e. The molecule has 2 aromatic carbocycles. The van der Waals surface area contributed by atoms with Gasteiger partial charge in [-0.05, 0) is 36.8 Å². The molecule has 2 aromatic rings. The van der Waals surface area contributed by atoms with Crippen LogP contribution in [0.4, 0.5) is 5.69 Å². The maximum absolute atomic E-state index is 14.3. The van der Waals surface area contributed by atoms with E-state index in [4.69, 9.17) is 9.47 Å². The first-order valence-corrected chi connectivity index (χ1v) is 13.6. The summed E-state index contributed by atoms with van der Waals surface area (Å²) in [4.78, 5) is 47.4. The van der Waals surface area contributed by atoms with Crippen molar-refractivity contribution in [2.75, 3.05) is 38.3 Å². The van der Waals surface area contributed by atoms with E-state index in [9.17, 15) is 19.5 Å². The van der Waals surface area contributed by atoms with E-state index < -0.39 is 29.1 Å². The van der Waals surface area contributed by atoms with Crippen molar-refractivity contribution in [3.63, 3.8) is 0 Å². The number of rotatable bonds is 6. The lowest BCUT2D eigenvalue weighted by Gasteiger charge is -2.37. The second-order valence-corrected chi connectivity index (χ2v) is 10.9. The molecular weight excluding hydrogens is 510 g/mol. The van der Waals surface area contributed by atoms with Crippen LogP contribution in [0.25, 0.3) is 0 Å². The van der Waals surface area contributed by atoms with E-state index in [0.717, 1.165) is 5.56 Å². The highest BCUT2D eigenvalue weighted by Crippen LogP contribution is 2.57. The number of fused-ring (bicyclic) bond motifs is 2. The summed E-state index contributed by atoms with van der Waals surface area (Å²) in [5.41, 5.74) is -0.819. The molecule has 4 heterocycles. The number of carbonyl (C=O) groups is 3. The minimum absolute atomic E-state index is 0.0393. The Labute approximate surface area is 233 Å². The van der Waals surface area contributed by atoms with Gasteiger partial charge < -0.3 is 29.3 Å². The van der Waals surface area contributed by atoms with E-state index in [1.54, 1.807) is 41.2 Å². The summed E-state index contributed by atoms with van der Waals surface area (Å²) in [7, 11) is 1.58. The van der Waals surface area contributed by atoms with Gasteiger partial charge in [0, 0.05) is 31.9 Å². The van der Waals surface area contributed by atoms with Crippen LogP contribution in [0.15, 0.2) is 78.9 Å². The molecule has 4 aliphatic rings. The largest absolute Gasteiger partial charge is 0.497 e. The van der Waals surface area contributed by atoms with Gasteiger partial charge in [0.1, 0.15) is 17.4 Å². The fourth-order valence-electron chi connectivity index (χ4n) is 6.86. The Morgan fingerprint density at radius 1 is 0.925 bits per heavy atom. The summed E-state index contributed by atoms with van der Waals surface area (Å²) in [6, 6.07) is 15.8. The second-order valence-electron chi connectivity index (χ2n) is 10.9. The monoisotopic (exact) mass is 543 g/mol. The topological polar surface area (TPSA) is 99.6 Å². The minimum Gasteiger partial charge on any atom is -0.497 e. The van der Waals surface area contributed by atoms with Gasteiger partial charge in [-0.25, -0.2) is 0 Å². The zero-order valence-electron chi connectivity index (χ0n) is 22.6. The van der Waals surface area contributed by atoms with Crippen LogP contribution in [0.2, 0.25) is 0 Å². The lowest BCUT2D eigenvalue weighted by molar-refractivity contribution is -0.149. The van der Waals surface area contributed by atoms with Gasteiger partial charge in [-0.3, -0.25) is 14.4 Å². The first-order valence-electron chi connectivity index (χ1n) is 13.6. The number of likely N-dealkylation sites (tertiary alicyclic amines) is 1. The summed E-state index contributed by atoms with van der Waals surface area (Å²) in [6.45, 7) is 2.53. The predicted molar refractivity (Wildman–Crippen MR) is 147 cm³/mol. The van der Waals surface area contributed by atoms with E-state index in [1.165, 1.54) is 4.90 Å². The number of aliphatic hydroxyl groups is 1. The maximum atomic E-state index is 14.3. The van der Waals surface area contributed by atoms with Crippen LogP contribution in [0.3, 0.4) is 0 Å². The maximum Gasteiger partial charge on any atom is 0.253 e. The Morgan fingerprint density at radius 3 is 2.35 bits per heavy atom. The zero-order chi connectivity index (χ0) is 28.1. The molecule has 2 saturated heterocycles. The summed E-state index contributed by atoms with van der Waals surface area (Å²) in [5, 5.41) is 9.90. The molecule has 1 N–H and O–H groups in total. The van der Waals surface area contributed by atoms with Gasteiger partial charge in [0.15, 0.2) is 0 Å². The van der Waals surface area contributed by atoms with Crippen molar-refractivity contribution in [1.82, 2.24) is 9.80 Å². The number of anilines is 1. The van der Waals surface area contributed by atoms with Gasteiger partial charge in [-0.15, -0.1) is 0 Å². The van der Waals surface area contributed by atoms with Gasteiger partial charge in [0.25, 0.3) is 5.91 Å². The van der Waals surface area contributed by atoms with Crippen molar-refractivity contribution < 1.29 is 29.0 Å². The molecule has 0 saturated carbocycles. The van der Waals surface area contributed by atoms with Crippen molar-refractivity contribution in [3.05, 3.63) is 84.5 Å². The molecule has 9 nitrogen and oxygen atoms in total. The average molecular weight is 544 g/mol. The molecule has 3 amide bonds. The highest BCUT2D eigenvalue weighted by molar-refractivity contribution is 6.06. The van der Waals surface area contributed by atoms with Crippen molar-refractivity contribution in [1.29, 1.82) is 0 Å². The molecule has 1 unspecified atom stereocenters. The quantitative estimate of drug-likeness (QED) is 0.561. The standard InChI is InChI=1S/C31H33N3O6/c1-30-14-6-16-32(20-21-8-4-3-5-9-21)27(36)24(30)25-28(37)34(18-19-35)26-29(38)33(17-7-15-31(25,26)40-30)22-10-12-23(39-2)13-11-22/h3-15,24-26,35H,16-20H2,1-2H3/t24-,25+,26?,30+,31+/m1/s1. The zero-order valence-corrected chi connectivity index (χ0v) is 22.6. The number of amides is 3. The third kappa shape index (κ3) is 3.95. The lowest BCUT2D eigenvalue weighted by atomic mass is 9.74. The lowest BCUT2D eigenvalue weighted by Crippen LogP contribution is -2.56. The number of benzene rings is 2. The first-order chi connectivity index (χ1) is 19.3. The summed E-state index contributed by atoms with van der Waals surface area (Å²) < 4.78 is 12.1. The normalized spacial score (nSPS) is 31.1. The van der Waals surface area contributed by atoms with Gasteiger partial charge in [0.05, 0.1) is 31.2 Å². The van der Waals surface area contributed by atoms with Crippen molar-refractivity contribution in [2.45, 2.75) is 30.7 Å². The van der Waals surface area contributed by atoms with Gasteiger partial charge in [-0.2, -0.15) is 0 Å². The fourth-order valence-corrected chi connectivity index (χ4v) is 6.86. The number of hydrogen-bond acceptors (Lipinski definition) is 6. The molecular formula is C31H33N3O6. The number of aliphatic hydroxyl groups excluding tert-OH is 1. The Kier molecular flexibility index (Phi) is 6.51. The van der Waals surface area contributed by atoms with Gasteiger partial charge in [-0.1, -0.05) is 54.6 Å². The van der Waals surface area contributed by atoms with Crippen molar-refractivity contribution in [3.8, 4) is 5.75 Å². The molecule has 0 bridgehead atoms. The number of methoxy groups -OCH3 is 1. The Hall–Kier alpha value is -3.95. The van der Waals surface area contributed by atoms with Crippen molar-refractivity contribution >= 4 is 23.4 Å². The van der Waals surface area contributed by atoms with E-state index in [2.05, 4.69) is 0 Å². The molecule has 0 aliphatic carbocycles. The molecule has 9 heteroatoms. The summed E-state index contributed by atoms with van der Waals surface area (Å²) in [6.07, 6.45) is 7.44. The summed E-state index contributed by atoms with van der Waals surface area (Å²) in [5.74, 6) is -1.96. The number of carbonyl (C=O) groups excluding carboxylic acids is 3. The molecule has 4 aliphatic heterocycles. The molecule has 5 atom stereocenters. The Balaban J connectivity index is 1.41. The molecule has 40 heavy (non-hydrogen) atoms. The van der Waals surface area contributed by atoms with E-state index in [0.29, 0.717) is 24.5 Å². The van der Waals surface area contributed by atoms with Crippen LogP contribution in [0, 0.1) is 11.8 Å². The van der Waals surface area contributed by atoms with Crippen LogP contribution in [0.5, 0.6) is 5.75 Å². The second kappa shape index (κ2) is 9.91. The SMILES string of the molecule is COc1ccc(N2CC=C[C@]34O[C@@]5(C)C=CCN(Cc6ccccc6)C(=O)[C@H]5[C@H]3C(=O)N(CCO)C4C2=O)cc1. The van der Waals surface area contributed by atoms with Gasteiger partial charge >= 0.3 is 0 Å². The van der Waals surface area contributed by atoms with Gasteiger partial charge in [0.2, 0.25) is 11.8 Å². The average Bonchev–Trinajstić information content (AvgIpc) is 3.22.